The van der Waals surface area contributed by atoms with Gasteiger partial charge in [0.1, 0.15) is 11.2 Å². The molecule has 51 heavy (non-hydrogen) atoms. The molecule has 0 saturated carbocycles. The standard InChI is InChI=1S/C47H29N3O/c1-3-19-37-30(11-1)13-9-22-40(37)46-48-45(49-47(50-46)41-23-10-14-31-12-2-4-20-38(31)41)36-18-8-17-34(28-36)32-15-7-16-33(27-32)35-25-26-44-42(29-35)39-21-5-6-24-43(39)51-44/h1-29H. The highest BCUT2D eigenvalue weighted by molar-refractivity contribution is 6.06. The molecule has 0 saturated heterocycles. The topological polar surface area (TPSA) is 51.8 Å². The van der Waals surface area contributed by atoms with E-state index in [1.807, 2.05) is 12.1 Å². The first-order valence-corrected chi connectivity index (χ1v) is 17.1. The van der Waals surface area contributed by atoms with Crippen LogP contribution in [0.2, 0.25) is 0 Å². The van der Waals surface area contributed by atoms with E-state index < -0.39 is 0 Å². The summed E-state index contributed by atoms with van der Waals surface area (Å²) in [5.41, 5.74) is 9.16. The van der Waals surface area contributed by atoms with Gasteiger partial charge in [-0.05, 0) is 74.1 Å². The molecule has 0 aliphatic rings. The van der Waals surface area contributed by atoms with Crippen LogP contribution in [0.3, 0.4) is 0 Å². The third-order valence-electron chi connectivity index (χ3n) is 9.72. The van der Waals surface area contributed by atoms with Crippen molar-refractivity contribution in [3.8, 4) is 56.4 Å². The van der Waals surface area contributed by atoms with Gasteiger partial charge in [0, 0.05) is 27.5 Å². The van der Waals surface area contributed by atoms with Crippen LogP contribution in [-0.2, 0) is 0 Å². The molecule has 4 heteroatoms. The maximum Gasteiger partial charge on any atom is 0.164 e. The third-order valence-corrected chi connectivity index (χ3v) is 9.72. The first-order chi connectivity index (χ1) is 25.2. The molecule has 0 radical (unpaired) electrons. The fraction of sp³-hybridized carbons (Fsp3) is 0. The maximum atomic E-state index is 6.09. The average Bonchev–Trinajstić information content (AvgIpc) is 3.58. The predicted octanol–water partition coefficient (Wildman–Crippen LogP) is 12.4. The summed E-state index contributed by atoms with van der Waals surface area (Å²) in [7, 11) is 0. The molecule has 10 aromatic rings. The molecule has 0 fully saturated rings. The molecule has 4 nitrogen and oxygen atoms in total. The molecule has 0 N–H and O–H groups in total. The second-order valence-electron chi connectivity index (χ2n) is 12.8. The van der Waals surface area contributed by atoms with Gasteiger partial charge in [-0.3, -0.25) is 0 Å². The summed E-state index contributed by atoms with van der Waals surface area (Å²) in [6.07, 6.45) is 0. The second kappa shape index (κ2) is 11.9. The minimum atomic E-state index is 0.631. The molecular formula is C47H29N3O. The monoisotopic (exact) mass is 651 g/mol. The first kappa shape index (κ1) is 29.0. The van der Waals surface area contributed by atoms with E-state index in [-0.39, 0.29) is 0 Å². The zero-order chi connectivity index (χ0) is 33.7. The number of fused-ring (bicyclic) bond motifs is 5. The zero-order valence-electron chi connectivity index (χ0n) is 27.5. The SMILES string of the molecule is c1cc(-c2cccc(-c3nc(-c4cccc5ccccc45)nc(-c4cccc5ccccc45)n3)c2)cc(-c2ccc3oc4ccccc4c3c2)c1. The molecule has 8 aromatic carbocycles. The first-order valence-electron chi connectivity index (χ1n) is 17.1. The van der Waals surface area contributed by atoms with Gasteiger partial charge in [-0.25, -0.2) is 15.0 Å². The molecule has 238 valence electrons. The van der Waals surface area contributed by atoms with Crippen LogP contribution in [0.25, 0.3) is 99.9 Å². The van der Waals surface area contributed by atoms with Crippen LogP contribution in [0, 0.1) is 0 Å². The normalized spacial score (nSPS) is 11.5. The van der Waals surface area contributed by atoms with Crippen molar-refractivity contribution in [2.45, 2.75) is 0 Å². The number of aromatic nitrogens is 3. The van der Waals surface area contributed by atoms with Gasteiger partial charge in [0.2, 0.25) is 0 Å². The number of para-hydroxylation sites is 1. The Morgan fingerprint density at radius 1 is 0.294 bits per heavy atom. The Morgan fingerprint density at radius 2 is 0.745 bits per heavy atom. The summed E-state index contributed by atoms with van der Waals surface area (Å²) in [6.45, 7) is 0. The number of hydrogen-bond donors (Lipinski definition) is 0. The fourth-order valence-corrected chi connectivity index (χ4v) is 7.21. The molecule has 0 amide bonds. The van der Waals surface area contributed by atoms with E-state index >= 15 is 0 Å². The number of nitrogens with zero attached hydrogens (tertiary/aromatic N) is 3. The lowest BCUT2D eigenvalue weighted by atomic mass is 9.97. The van der Waals surface area contributed by atoms with Crippen LogP contribution in [-0.4, -0.2) is 15.0 Å². The van der Waals surface area contributed by atoms with Crippen molar-refractivity contribution in [2.24, 2.45) is 0 Å². The minimum Gasteiger partial charge on any atom is -0.456 e. The van der Waals surface area contributed by atoms with Gasteiger partial charge in [-0.2, -0.15) is 0 Å². The lowest BCUT2D eigenvalue weighted by Crippen LogP contribution is -2.01. The van der Waals surface area contributed by atoms with E-state index in [1.54, 1.807) is 0 Å². The van der Waals surface area contributed by atoms with E-state index in [0.717, 1.165) is 82.4 Å². The highest BCUT2D eigenvalue weighted by atomic mass is 16.3. The summed E-state index contributed by atoms with van der Waals surface area (Å²) in [4.78, 5) is 15.4. The van der Waals surface area contributed by atoms with Crippen LogP contribution < -0.4 is 0 Å². The van der Waals surface area contributed by atoms with Crippen LogP contribution >= 0.6 is 0 Å². The van der Waals surface area contributed by atoms with Crippen LogP contribution in [0.4, 0.5) is 0 Å². The lowest BCUT2D eigenvalue weighted by Gasteiger charge is -2.12. The van der Waals surface area contributed by atoms with Gasteiger partial charge >= 0.3 is 0 Å². The molecule has 0 unspecified atom stereocenters. The Kier molecular flexibility index (Phi) is 6.78. The summed E-state index contributed by atoms with van der Waals surface area (Å²) in [5.74, 6) is 1.93. The molecule has 2 aromatic heterocycles. The quantitative estimate of drug-likeness (QED) is 0.186. The van der Waals surface area contributed by atoms with E-state index in [2.05, 4.69) is 164 Å². The Labute approximate surface area is 294 Å². The fourth-order valence-electron chi connectivity index (χ4n) is 7.21. The van der Waals surface area contributed by atoms with Crippen LogP contribution in [0.5, 0.6) is 0 Å². The third kappa shape index (κ3) is 5.13. The Bertz CT molecular complexity index is 2830. The number of hydrogen-bond acceptors (Lipinski definition) is 4. The van der Waals surface area contributed by atoms with Crippen molar-refractivity contribution in [3.05, 3.63) is 176 Å². The molecule has 0 aliphatic heterocycles. The van der Waals surface area contributed by atoms with Crippen molar-refractivity contribution in [2.75, 3.05) is 0 Å². The smallest absolute Gasteiger partial charge is 0.164 e. The Balaban J connectivity index is 1.10. The molecule has 10 rings (SSSR count). The molecule has 0 aliphatic carbocycles. The van der Waals surface area contributed by atoms with Gasteiger partial charge in [-0.15, -0.1) is 0 Å². The van der Waals surface area contributed by atoms with Gasteiger partial charge in [0.05, 0.1) is 0 Å². The van der Waals surface area contributed by atoms with Gasteiger partial charge in [-0.1, -0.05) is 146 Å². The highest BCUT2D eigenvalue weighted by Crippen LogP contribution is 2.36. The van der Waals surface area contributed by atoms with Crippen molar-refractivity contribution >= 4 is 43.5 Å². The average molecular weight is 652 g/mol. The van der Waals surface area contributed by atoms with E-state index in [1.165, 1.54) is 0 Å². The predicted molar refractivity (Wildman–Crippen MR) is 209 cm³/mol. The van der Waals surface area contributed by atoms with Crippen molar-refractivity contribution < 1.29 is 4.42 Å². The maximum absolute atomic E-state index is 6.09. The van der Waals surface area contributed by atoms with Crippen LogP contribution in [0.1, 0.15) is 0 Å². The highest BCUT2D eigenvalue weighted by Gasteiger charge is 2.16. The van der Waals surface area contributed by atoms with E-state index in [4.69, 9.17) is 19.4 Å². The van der Waals surface area contributed by atoms with Gasteiger partial charge in [0.25, 0.3) is 0 Å². The molecule has 0 bridgehead atoms. The molecule has 0 spiro atoms. The van der Waals surface area contributed by atoms with E-state index in [0.29, 0.717) is 17.5 Å². The number of rotatable bonds is 5. The van der Waals surface area contributed by atoms with E-state index in [9.17, 15) is 0 Å². The van der Waals surface area contributed by atoms with Crippen LogP contribution in [0.15, 0.2) is 180 Å². The largest absolute Gasteiger partial charge is 0.456 e. The summed E-state index contributed by atoms with van der Waals surface area (Å²) >= 11 is 0. The number of benzene rings is 8. The molecule has 2 heterocycles. The molecule has 0 atom stereocenters. The Hall–Kier alpha value is -6.91. The lowest BCUT2D eigenvalue weighted by molar-refractivity contribution is 0.669. The number of furan rings is 1. The molecular weight excluding hydrogens is 623 g/mol. The van der Waals surface area contributed by atoms with Crippen molar-refractivity contribution in [3.63, 3.8) is 0 Å². The second-order valence-corrected chi connectivity index (χ2v) is 12.8. The zero-order valence-corrected chi connectivity index (χ0v) is 27.5. The summed E-state index contributed by atoms with van der Waals surface area (Å²) < 4.78 is 6.09. The summed E-state index contributed by atoms with van der Waals surface area (Å²) in [6, 6.07) is 61.2. The van der Waals surface area contributed by atoms with Gasteiger partial charge < -0.3 is 4.42 Å². The van der Waals surface area contributed by atoms with Crippen molar-refractivity contribution in [1.29, 1.82) is 0 Å². The Morgan fingerprint density at radius 3 is 1.39 bits per heavy atom. The minimum absolute atomic E-state index is 0.631. The summed E-state index contributed by atoms with van der Waals surface area (Å²) in [5, 5.41) is 6.74. The van der Waals surface area contributed by atoms with Gasteiger partial charge in [0.15, 0.2) is 17.5 Å². The van der Waals surface area contributed by atoms with Crippen molar-refractivity contribution in [1.82, 2.24) is 15.0 Å².